The number of hydrogen-bond donors (Lipinski definition) is 0. The van der Waals surface area contributed by atoms with Crippen LogP contribution in [0.2, 0.25) is 0 Å². The summed E-state index contributed by atoms with van der Waals surface area (Å²) in [5, 5.41) is 4.55. The smallest absolute Gasteiger partial charge is 0.0645 e. The number of rotatable bonds is 7. The van der Waals surface area contributed by atoms with Gasteiger partial charge < -0.3 is 4.90 Å². The molecule has 51 heavy (non-hydrogen) atoms. The fourth-order valence-electron chi connectivity index (χ4n) is 7.08. The largest absolute Gasteiger partial charge is 0.310 e. The number of fused-ring (bicyclic) bond motifs is 2. The van der Waals surface area contributed by atoms with E-state index in [-0.39, 0.29) is 35.4 Å². The summed E-state index contributed by atoms with van der Waals surface area (Å²) < 4.78 is 37.3. The Hall–Kier alpha value is -6.70. The third-order valence-electron chi connectivity index (χ3n) is 9.53. The third-order valence-corrected chi connectivity index (χ3v) is 9.53. The van der Waals surface area contributed by atoms with Gasteiger partial charge in [0, 0.05) is 17.1 Å². The topological polar surface area (TPSA) is 3.24 Å². The molecule has 0 bridgehead atoms. The average molecular weight is 654 g/mol. The molecular formula is C50H35N. The Bertz CT molecular complexity index is 2820. The molecule has 0 amide bonds. The van der Waals surface area contributed by atoms with Crippen LogP contribution in [0.1, 0.15) is 5.48 Å². The van der Waals surface area contributed by atoms with Crippen molar-refractivity contribution in [3.63, 3.8) is 0 Å². The van der Waals surface area contributed by atoms with Crippen LogP contribution in [0.3, 0.4) is 0 Å². The lowest BCUT2D eigenvalue weighted by Gasteiger charge is -2.27. The molecule has 0 saturated carbocycles. The maximum atomic E-state index is 9.44. The molecule has 1 heteroatoms. The summed E-state index contributed by atoms with van der Waals surface area (Å²) in [6.07, 6.45) is 0. The lowest BCUT2D eigenvalue weighted by atomic mass is 9.89. The molecule has 0 heterocycles. The van der Waals surface area contributed by atoms with Crippen molar-refractivity contribution in [2.45, 2.75) is 0 Å². The Labute approximate surface area is 305 Å². The minimum Gasteiger partial charge on any atom is -0.310 e. The average Bonchev–Trinajstić information content (AvgIpc) is 3.25. The highest BCUT2D eigenvalue weighted by atomic mass is 15.1. The summed E-state index contributed by atoms with van der Waals surface area (Å²) in [6.45, 7) is 0. The zero-order chi connectivity index (χ0) is 37.5. The Balaban J connectivity index is 1.25. The van der Waals surface area contributed by atoms with Crippen molar-refractivity contribution in [2.75, 3.05) is 4.90 Å². The first-order chi connectivity index (χ1) is 27.0. The van der Waals surface area contributed by atoms with E-state index in [1.165, 1.54) is 0 Å². The molecule has 0 atom stereocenters. The first-order valence-corrected chi connectivity index (χ1v) is 17.2. The summed E-state index contributed by atoms with van der Waals surface area (Å²) in [4.78, 5) is 1.87. The monoisotopic (exact) mass is 653 g/mol. The van der Waals surface area contributed by atoms with E-state index in [1.807, 2.05) is 77.7 Å². The van der Waals surface area contributed by atoms with Crippen LogP contribution in [0.5, 0.6) is 0 Å². The second-order valence-corrected chi connectivity index (χ2v) is 12.6. The van der Waals surface area contributed by atoms with Crippen LogP contribution in [0.15, 0.2) is 212 Å². The van der Waals surface area contributed by atoms with Gasteiger partial charge in [0.05, 0.1) is 5.48 Å². The van der Waals surface area contributed by atoms with E-state index in [0.717, 1.165) is 60.6 Å². The van der Waals surface area contributed by atoms with Crippen molar-refractivity contribution in [3.05, 3.63) is 212 Å². The van der Waals surface area contributed by atoms with Gasteiger partial charge >= 0.3 is 0 Å². The summed E-state index contributed by atoms with van der Waals surface area (Å²) >= 11 is 0. The van der Waals surface area contributed by atoms with Gasteiger partial charge in [0.2, 0.25) is 0 Å². The maximum Gasteiger partial charge on any atom is 0.0645 e. The fourth-order valence-corrected chi connectivity index (χ4v) is 7.08. The predicted molar refractivity (Wildman–Crippen MR) is 218 cm³/mol. The first kappa shape index (κ1) is 26.2. The van der Waals surface area contributed by atoms with Gasteiger partial charge in [-0.2, -0.15) is 0 Å². The zero-order valence-electron chi connectivity index (χ0n) is 31.8. The van der Waals surface area contributed by atoms with Crippen LogP contribution in [-0.2, 0) is 0 Å². The standard InChI is InChI=1S/C50H35N/c1-3-13-36(14-4-1)37-25-30-43(31-26-37)51(45-21-11-20-42(35-45)47-24-12-19-38-17-7-9-22-46(38)47)44-32-27-41(28-33-44)50-48-23-10-8-18-40(48)29-34-49(50)39-15-5-2-6-16-39/h1-35H/i25D,26D,30D,31D. The van der Waals surface area contributed by atoms with Gasteiger partial charge in [-0.25, -0.2) is 0 Å². The van der Waals surface area contributed by atoms with Gasteiger partial charge in [0.25, 0.3) is 0 Å². The van der Waals surface area contributed by atoms with Gasteiger partial charge in [0.15, 0.2) is 0 Å². The summed E-state index contributed by atoms with van der Waals surface area (Å²) in [6, 6.07) is 62.9. The van der Waals surface area contributed by atoms with Crippen LogP contribution in [-0.4, -0.2) is 0 Å². The summed E-state index contributed by atoms with van der Waals surface area (Å²) in [7, 11) is 0. The minimum atomic E-state index is -0.111. The quantitative estimate of drug-likeness (QED) is 0.165. The van der Waals surface area contributed by atoms with Gasteiger partial charge in [-0.1, -0.05) is 176 Å². The van der Waals surface area contributed by atoms with E-state index in [1.54, 1.807) is 0 Å². The molecule has 240 valence electrons. The molecule has 0 saturated heterocycles. The number of benzene rings is 9. The molecule has 0 fully saturated rings. The van der Waals surface area contributed by atoms with E-state index >= 15 is 0 Å². The molecule has 9 aromatic carbocycles. The van der Waals surface area contributed by atoms with Crippen molar-refractivity contribution >= 4 is 38.6 Å². The number of nitrogens with zero attached hydrogens (tertiary/aromatic N) is 1. The van der Waals surface area contributed by atoms with Crippen molar-refractivity contribution in [1.82, 2.24) is 0 Å². The first-order valence-electron chi connectivity index (χ1n) is 19.2. The molecule has 1 nitrogen and oxygen atoms in total. The number of hydrogen-bond acceptors (Lipinski definition) is 1. The van der Waals surface area contributed by atoms with Crippen LogP contribution in [0.4, 0.5) is 17.1 Å². The predicted octanol–water partition coefficient (Wildman–Crippen LogP) is 14.1. The van der Waals surface area contributed by atoms with E-state index in [0.29, 0.717) is 11.3 Å². The molecule has 0 radical (unpaired) electrons. The van der Waals surface area contributed by atoms with Gasteiger partial charge in [-0.05, 0) is 102 Å². The molecule has 0 spiro atoms. The normalized spacial score (nSPS) is 12.2. The van der Waals surface area contributed by atoms with E-state index in [9.17, 15) is 5.48 Å². The highest BCUT2D eigenvalue weighted by Crippen LogP contribution is 2.42. The SMILES string of the molecule is [2H]c1c([2H])c(N(c2ccc(-c3c(-c4ccccc4)ccc4ccccc34)cc2)c2cccc(-c3cccc4ccccc34)c2)c([2H])c([2H])c1-c1ccccc1. The van der Waals surface area contributed by atoms with Gasteiger partial charge in [-0.3, -0.25) is 0 Å². The Morgan fingerprint density at radius 1 is 0.314 bits per heavy atom. The van der Waals surface area contributed by atoms with Crippen LogP contribution >= 0.6 is 0 Å². The molecule has 0 aromatic heterocycles. The molecule has 0 aliphatic rings. The molecule has 0 aliphatic heterocycles. The number of anilines is 3. The van der Waals surface area contributed by atoms with Crippen LogP contribution in [0.25, 0.3) is 66.1 Å². The van der Waals surface area contributed by atoms with Crippen molar-refractivity contribution < 1.29 is 5.48 Å². The molecule has 0 aliphatic carbocycles. The second-order valence-electron chi connectivity index (χ2n) is 12.6. The zero-order valence-corrected chi connectivity index (χ0v) is 27.8. The lowest BCUT2D eigenvalue weighted by molar-refractivity contribution is 1.28. The van der Waals surface area contributed by atoms with Gasteiger partial charge in [-0.15, -0.1) is 0 Å². The molecule has 0 N–H and O–H groups in total. The third kappa shape index (κ3) is 5.86. The maximum absolute atomic E-state index is 9.44. The fraction of sp³-hybridized carbons (Fsp3) is 0. The molecule has 9 aromatic rings. The Morgan fingerprint density at radius 3 is 1.65 bits per heavy atom. The van der Waals surface area contributed by atoms with E-state index < -0.39 is 0 Å². The second kappa shape index (κ2) is 13.3. The molecular weight excluding hydrogens is 615 g/mol. The minimum absolute atomic E-state index is 0.0858. The van der Waals surface area contributed by atoms with E-state index in [4.69, 9.17) is 0 Å². The summed E-state index contributed by atoms with van der Waals surface area (Å²) in [5.41, 5.74) is 9.01. The van der Waals surface area contributed by atoms with Crippen molar-refractivity contribution in [1.29, 1.82) is 0 Å². The molecule has 0 unspecified atom stereocenters. The Kier molecular flexibility index (Phi) is 6.84. The highest BCUT2D eigenvalue weighted by molar-refractivity contribution is 6.04. The van der Waals surface area contributed by atoms with Gasteiger partial charge in [0.1, 0.15) is 0 Å². The van der Waals surface area contributed by atoms with E-state index in [2.05, 4.69) is 115 Å². The Morgan fingerprint density at radius 2 is 0.902 bits per heavy atom. The van der Waals surface area contributed by atoms with Crippen molar-refractivity contribution in [3.8, 4) is 44.5 Å². The van der Waals surface area contributed by atoms with Crippen molar-refractivity contribution in [2.24, 2.45) is 0 Å². The molecule has 9 rings (SSSR count). The summed E-state index contributed by atoms with van der Waals surface area (Å²) in [5.74, 6) is 0. The van der Waals surface area contributed by atoms with Crippen LogP contribution in [0, 0.1) is 0 Å². The van der Waals surface area contributed by atoms with Crippen LogP contribution < -0.4 is 4.90 Å². The lowest BCUT2D eigenvalue weighted by Crippen LogP contribution is -2.10. The highest BCUT2D eigenvalue weighted by Gasteiger charge is 2.17.